The van der Waals surface area contributed by atoms with Gasteiger partial charge in [0.1, 0.15) is 5.82 Å². The Kier molecular flexibility index (Phi) is 7.28. The van der Waals surface area contributed by atoms with E-state index in [4.69, 9.17) is 10.5 Å². The third-order valence-electron chi connectivity index (χ3n) is 6.58. The number of aromatic nitrogens is 3. The molecule has 5 rings (SSSR count). The minimum absolute atomic E-state index is 0.219. The number of nitrogen functional groups attached to an aromatic ring is 1. The molecular formula is C26H33N7O. The zero-order chi connectivity index (χ0) is 23.2. The highest BCUT2D eigenvalue weighted by atomic mass is 16.5. The van der Waals surface area contributed by atoms with Gasteiger partial charge in [-0.25, -0.2) is 0 Å². The molecular weight excluding hydrogens is 426 g/mol. The summed E-state index contributed by atoms with van der Waals surface area (Å²) in [7, 11) is 0. The number of nitrogens with one attached hydrogen (secondary N) is 1. The summed E-state index contributed by atoms with van der Waals surface area (Å²) in [4.78, 5) is 18.2. The van der Waals surface area contributed by atoms with Gasteiger partial charge in [-0.2, -0.15) is 15.0 Å². The van der Waals surface area contributed by atoms with E-state index in [1.165, 1.54) is 11.1 Å². The monoisotopic (exact) mass is 459 g/mol. The van der Waals surface area contributed by atoms with Crippen LogP contribution in [0.25, 0.3) is 0 Å². The molecule has 3 N–H and O–H groups in total. The minimum Gasteiger partial charge on any atom is -0.376 e. The number of benzene rings is 2. The highest BCUT2D eigenvalue weighted by Crippen LogP contribution is 2.29. The van der Waals surface area contributed by atoms with Gasteiger partial charge in [0.2, 0.25) is 11.9 Å². The van der Waals surface area contributed by atoms with Crippen LogP contribution in [0, 0.1) is 0 Å². The molecule has 8 nitrogen and oxygen atoms in total. The van der Waals surface area contributed by atoms with E-state index in [1.54, 1.807) is 0 Å². The highest BCUT2D eigenvalue weighted by Gasteiger charge is 2.27. The van der Waals surface area contributed by atoms with Crippen molar-refractivity contribution in [2.24, 2.45) is 0 Å². The van der Waals surface area contributed by atoms with E-state index in [0.717, 1.165) is 45.6 Å². The van der Waals surface area contributed by atoms with Crippen molar-refractivity contribution in [1.29, 1.82) is 0 Å². The van der Waals surface area contributed by atoms with Gasteiger partial charge in [0.05, 0.1) is 18.7 Å². The quantitative estimate of drug-likeness (QED) is 0.531. The summed E-state index contributed by atoms with van der Waals surface area (Å²) in [5.74, 6) is 1.50. The first kappa shape index (κ1) is 22.7. The Hall–Kier alpha value is -3.07. The van der Waals surface area contributed by atoms with Crippen molar-refractivity contribution in [3.05, 3.63) is 77.6 Å². The fraction of sp³-hybridized carbons (Fsp3) is 0.423. The lowest BCUT2D eigenvalue weighted by atomic mass is 9.96. The molecule has 34 heavy (non-hydrogen) atoms. The van der Waals surface area contributed by atoms with Crippen molar-refractivity contribution in [2.45, 2.75) is 31.5 Å². The average Bonchev–Trinajstić information content (AvgIpc) is 3.39. The molecule has 2 aliphatic rings. The van der Waals surface area contributed by atoms with Gasteiger partial charge >= 0.3 is 0 Å². The standard InChI is InChI=1S/C26H33N7O/c27-25-29-23(30-26(31-25)28-18-22-12-7-17-34-22)19-32-13-15-33(16-14-32)24(20-8-3-1-4-9-20)21-10-5-2-6-11-21/h1-6,8-11,22,24H,7,12-19H2,(H3,27,28,29,30,31). The van der Waals surface area contributed by atoms with E-state index >= 15 is 0 Å². The lowest BCUT2D eigenvalue weighted by Gasteiger charge is -2.39. The van der Waals surface area contributed by atoms with Gasteiger partial charge < -0.3 is 15.8 Å². The fourth-order valence-electron chi connectivity index (χ4n) is 4.86. The molecule has 178 valence electrons. The van der Waals surface area contributed by atoms with Crippen LogP contribution in [0.4, 0.5) is 11.9 Å². The summed E-state index contributed by atoms with van der Waals surface area (Å²) >= 11 is 0. The molecule has 0 spiro atoms. The van der Waals surface area contributed by atoms with Crippen LogP contribution in [-0.2, 0) is 11.3 Å². The predicted octanol–water partition coefficient (Wildman–Crippen LogP) is 2.95. The maximum Gasteiger partial charge on any atom is 0.227 e. The SMILES string of the molecule is Nc1nc(CN2CCN(C(c3ccccc3)c3ccccc3)CC2)nc(NCC2CCCO2)n1. The first-order valence-electron chi connectivity index (χ1n) is 12.2. The summed E-state index contributed by atoms with van der Waals surface area (Å²) < 4.78 is 5.67. The topological polar surface area (TPSA) is 92.4 Å². The highest BCUT2D eigenvalue weighted by molar-refractivity contribution is 5.32. The third-order valence-corrected chi connectivity index (χ3v) is 6.58. The van der Waals surface area contributed by atoms with Crippen LogP contribution in [-0.4, -0.2) is 70.2 Å². The normalized spacial score (nSPS) is 19.5. The zero-order valence-electron chi connectivity index (χ0n) is 19.5. The molecule has 3 aromatic rings. The Morgan fingerprint density at radius 2 is 1.59 bits per heavy atom. The van der Waals surface area contributed by atoms with Crippen molar-refractivity contribution >= 4 is 11.9 Å². The van der Waals surface area contributed by atoms with E-state index in [1.807, 2.05) is 0 Å². The van der Waals surface area contributed by atoms with E-state index in [9.17, 15) is 0 Å². The van der Waals surface area contributed by atoms with Crippen molar-refractivity contribution in [3.63, 3.8) is 0 Å². The number of ether oxygens (including phenoxy) is 1. The molecule has 2 aromatic carbocycles. The number of anilines is 2. The lowest BCUT2D eigenvalue weighted by molar-refractivity contribution is 0.103. The number of nitrogens with two attached hydrogens (primary N) is 1. The fourth-order valence-corrected chi connectivity index (χ4v) is 4.86. The molecule has 1 atom stereocenters. The van der Waals surface area contributed by atoms with Crippen molar-refractivity contribution in [1.82, 2.24) is 24.8 Å². The van der Waals surface area contributed by atoms with Crippen LogP contribution < -0.4 is 11.1 Å². The zero-order valence-corrected chi connectivity index (χ0v) is 19.5. The maximum atomic E-state index is 5.98. The van der Waals surface area contributed by atoms with Gasteiger partial charge in [0, 0.05) is 39.3 Å². The van der Waals surface area contributed by atoms with Crippen LogP contribution in [0.15, 0.2) is 60.7 Å². The Bertz CT molecular complexity index is 996. The molecule has 2 fully saturated rings. The van der Waals surface area contributed by atoms with Gasteiger partial charge in [-0.1, -0.05) is 60.7 Å². The van der Waals surface area contributed by atoms with Crippen molar-refractivity contribution in [2.75, 3.05) is 50.4 Å². The van der Waals surface area contributed by atoms with Gasteiger partial charge in [-0.05, 0) is 24.0 Å². The van der Waals surface area contributed by atoms with E-state index in [0.29, 0.717) is 24.9 Å². The molecule has 0 aliphatic carbocycles. The molecule has 0 radical (unpaired) electrons. The Balaban J connectivity index is 1.22. The Morgan fingerprint density at radius 1 is 0.912 bits per heavy atom. The Labute approximate surface area is 201 Å². The number of hydrogen-bond acceptors (Lipinski definition) is 8. The maximum absolute atomic E-state index is 5.98. The van der Waals surface area contributed by atoms with Crippen molar-refractivity contribution in [3.8, 4) is 0 Å². The largest absolute Gasteiger partial charge is 0.376 e. The summed E-state index contributed by atoms with van der Waals surface area (Å²) in [6.07, 6.45) is 2.40. The van der Waals surface area contributed by atoms with Crippen LogP contribution in [0.2, 0.25) is 0 Å². The summed E-state index contributed by atoms with van der Waals surface area (Å²) in [6, 6.07) is 21.8. The molecule has 2 aliphatic heterocycles. The molecule has 2 saturated heterocycles. The molecule has 1 aromatic heterocycles. The lowest BCUT2D eigenvalue weighted by Crippen LogP contribution is -2.47. The summed E-state index contributed by atoms with van der Waals surface area (Å²) in [5, 5.41) is 3.27. The second kappa shape index (κ2) is 10.9. The molecule has 0 amide bonds. The van der Waals surface area contributed by atoms with Crippen LogP contribution in [0.5, 0.6) is 0 Å². The molecule has 3 heterocycles. The molecule has 1 unspecified atom stereocenters. The third kappa shape index (κ3) is 5.70. The predicted molar refractivity (Wildman–Crippen MR) is 133 cm³/mol. The minimum atomic E-state index is 0.219. The molecule has 0 saturated carbocycles. The van der Waals surface area contributed by atoms with E-state index in [-0.39, 0.29) is 18.1 Å². The second-order valence-corrected chi connectivity index (χ2v) is 8.99. The Morgan fingerprint density at radius 3 is 2.21 bits per heavy atom. The van der Waals surface area contributed by atoms with Crippen LogP contribution in [0.1, 0.15) is 35.8 Å². The van der Waals surface area contributed by atoms with Crippen LogP contribution in [0.3, 0.4) is 0 Å². The molecule has 0 bridgehead atoms. The van der Waals surface area contributed by atoms with Gasteiger partial charge in [0.25, 0.3) is 0 Å². The van der Waals surface area contributed by atoms with Crippen LogP contribution >= 0.6 is 0 Å². The first-order valence-corrected chi connectivity index (χ1v) is 12.2. The van der Waals surface area contributed by atoms with Crippen molar-refractivity contribution < 1.29 is 4.74 Å². The smallest absolute Gasteiger partial charge is 0.227 e. The van der Waals surface area contributed by atoms with Gasteiger partial charge in [0.15, 0.2) is 0 Å². The van der Waals surface area contributed by atoms with Gasteiger partial charge in [-0.15, -0.1) is 0 Å². The second-order valence-electron chi connectivity index (χ2n) is 8.99. The summed E-state index contributed by atoms with van der Waals surface area (Å²) in [6.45, 7) is 6.02. The summed E-state index contributed by atoms with van der Waals surface area (Å²) in [5.41, 5.74) is 8.63. The number of nitrogens with zero attached hydrogens (tertiary/aromatic N) is 5. The first-order chi connectivity index (χ1) is 16.7. The van der Waals surface area contributed by atoms with E-state index in [2.05, 4.69) is 90.7 Å². The number of rotatable bonds is 8. The number of hydrogen-bond donors (Lipinski definition) is 2. The van der Waals surface area contributed by atoms with Gasteiger partial charge in [-0.3, -0.25) is 9.80 Å². The van der Waals surface area contributed by atoms with E-state index < -0.39 is 0 Å². The number of piperazine rings is 1. The molecule has 8 heteroatoms. The average molecular weight is 460 g/mol.